The second-order valence-electron chi connectivity index (χ2n) is 5.03. The highest BCUT2D eigenvalue weighted by Gasteiger charge is 2.17. The van der Waals surface area contributed by atoms with Gasteiger partial charge in [0.1, 0.15) is 23.2 Å². The Hall–Kier alpha value is -1.75. The summed E-state index contributed by atoms with van der Waals surface area (Å²) < 4.78 is 10.3. The predicted octanol–water partition coefficient (Wildman–Crippen LogP) is 4.31. The molecule has 5 nitrogen and oxygen atoms in total. The zero-order valence-corrected chi connectivity index (χ0v) is 13.8. The van der Waals surface area contributed by atoms with Crippen molar-refractivity contribution in [3.8, 4) is 11.5 Å². The molecule has 1 rings (SSSR count). The van der Waals surface area contributed by atoms with Crippen LogP contribution in [0.3, 0.4) is 0 Å². The van der Waals surface area contributed by atoms with E-state index < -0.39 is 5.97 Å². The molecule has 0 saturated heterocycles. The second-order valence-corrected chi connectivity index (χ2v) is 5.03. The molecule has 0 heterocycles. The summed E-state index contributed by atoms with van der Waals surface area (Å²) in [4.78, 5) is 22.0. The molecule has 0 saturated carbocycles. The number of benzene rings is 1. The van der Waals surface area contributed by atoms with Crippen LogP contribution in [0.25, 0.3) is 0 Å². The van der Waals surface area contributed by atoms with E-state index in [0.717, 1.165) is 19.3 Å². The van der Waals surface area contributed by atoms with Gasteiger partial charge >= 0.3 is 5.97 Å². The number of ether oxygens (including phenoxy) is 2. The molecule has 0 spiro atoms. The average molecular weight is 309 g/mol. The third kappa shape index (κ3) is 5.93. The average Bonchev–Trinajstić information content (AvgIpc) is 2.55. The number of carbonyl (C=O) groups excluding carboxylic acids is 1. The topological polar surface area (TPSA) is 54.0 Å². The Balaban J connectivity index is 2.48. The molecular weight excluding hydrogens is 284 g/mol. The van der Waals surface area contributed by atoms with Crippen molar-refractivity contribution >= 4 is 5.97 Å². The van der Waals surface area contributed by atoms with Crippen LogP contribution < -0.4 is 9.47 Å². The van der Waals surface area contributed by atoms with Gasteiger partial charge in [-0.15, -0.1) is 0 Å². The molecule has 0 unspecified atom stereocenters. The fourth-order valence-electron chi connectivity index (χ4n) is 1.96. The minimum Gasteiger partial charge on any atom is -0.497 e. The quantitative estimate of drug-likeness (QED) is 0.366. The number of hydrogen-bond donors (Lipinski definition) is 0. The Morgan fingerprint density at radius 1 is 1.05 bits per heavy atom. The van der Waals surface area contributed by atoms with Gasteiger partial charge in [-0.25, -0.2) is 4.79 Å². The Morgan fingerprint density at radius 2 is 1.82 bits per heavy atom. The lowest BCUT2D eigenvalue weighted by Crippen LogP contribution is -2.10. The van der Waals surface area contributed by atoms with E-state index in [9.17, 15) is 4.79 Å². The fourth-order valence-corrected chi connectivity index (χ4v) is 1.96. The van der Waals surface area contributed by atoms with Crippen molar-refractivity contribution in [1.82, 2.24) is 0 Å². The van der Waals surface area contributed by atoms with E-state index in [1.807, 2.05) is 6.92 Å². The Kier molecular flexibility index (Phi) is 8.36. The van der Waals surface area contributed by atoms with Crippen LogP contribution in [0, 0.1) is 6.10 Å². The van der Waals surface area contributed by atoms with Gasteiger partial charge in [0.15, 0.2) is 0 Å². The normalized spacial score (nSPS) is 10.6. The Labute approximate surface area is 132 Å². The number of unbranched alkanes of at least 4 members (excludes halogenated alkanes) is 3. The van der Waals surface area contributed by atoms with E-state index in [-0.39, 0.29) is 0 Å². The molecule has 1 radical (unpaired) electrons. The lowest BCUT2D eigenvalue weighted by molar-refractivity contribution is -0.233. The summed E-state index contributed by atoms with van der Waals surface area (Å²) in [5.41, 5.74) is 0.294. The monoisotopic (exact) mass is 309 g/mol. The maximum absolute atomic E-state index is 12.0. The summed E-state index contributed by atoms with van der Waals surface area (Å²) in [5, 5.41) is 0. The van der Waals surface area contributed by atoms with Gasteiger partial charge in [0.05, 0.1) is 14.2 Å². The van der Waals surface area contributed by atoms with Crippen LogP contribution in [0.15, 0.2) is 18.2 Å². The van der Waals surface area contributed by atoms with E-state index in [0.29, 0.717) is 23.2 Å². The summed E-state index contributed by atoms with van der Waals surface area (Å²) in [6.45, 7) is 3.97. The third-order valence-electron chi connectivity index (χ3n) is 3.27. The van der Waals surface area contributed by atoms with Crippen molar-refractivity contribution in [2.24, 2.45) is 0 Å². The van der Waals surface area contributed by atoms with Crippen LogP contribution in [0.2, 0.25) is 0 Å². The van der Waals surface area contributed by atoms with Gasteiger partial charge in [0, 0.05) is 6.07 Å². The summed E-state index contributed by atoms with van der Waals surface area (Å²) in [6, 6.07) is 4.87. The van der Waals surface area contributed by atoms with Crippen LogP contribution in [0.5, 0.6) is 11.5 Å². The molecule has 1 aromatic carbocycles. The Bertz CT molecular complexity index is 458. The molecule has 0 aliphatic rings. The lowest BCUT2D eigenvalue weighted by atomic mass is 10.1. The fraction of sp³-hybridized carbons (Fsp3) is 0.529. The van der Waals surface area contributed by atoms with Gasteiger partial charge < -0.3 is 9.47 Å². The van der Waals surface area contributed by atoms with Crippen molar-refractivity contribution in [3.63, 3.8) is 0 Å². The zero-order chi connectivity index (χ0) is 16.4. The molecule has 0 aliphatic heterocycles. The van der Waals surface area contributed by atoms with Crippen LogP contribution in [-0.2, 0) is 9.78 Å². The molecule has 0 fully saturated rings. The number of hydrogen-bond acceptors (Lipinski definition) is 5. The molecule has 0 amide bonds. The molecule has 1 aromatic rings. The largest absolute Gasteiger partial charge is 0.497 e. The second kappa shape index (κ2) is 10.1. The van der Waals surface area contributed by atoms with Crippen LogP contribution in [0.1, 0.15) is 56.3 Å². The molecule has 0 bridgehead atoms. The van der Waals surface area contributed by atoms with Gasteiger partial charge in [-0.1, -0.05) is 32.6 Å². The minimum atomic E-state index is -0.590. The zero-order valence-electron chi connectivity index (χ0n) is 13.8. The highest BCUT2D eigenvalue weighted by atomic mass is 17.2. The van der Waals surface area contributed by atoms with Gasteiger partial charge in [-0.2, -0.15) is 4.89 Å². The molecule has 0 atom stereocenters. The summed E-state index contributed by atoms with van der Waals surface area (Å²) in [6.07, 6.45) is 6.05. The van der Waals surface area contributed by atoms with Gasteiger partial charge in [-0.05, 0) is 25.5 Å². The standard InChI is InChI=1S/C17H25O5/c1-5-6-7-8-9-13(2)21-22-17(18)15-11-10-14(19-3)12-16(15)20-4/h10-12H,5-9H2,1-4H3. The molecule has 0 N–H and O–H groups in total. The first-order valence-electron chi connectivity index (χ1n) is 7.55. The first kappa shape index (κ1) is 18.3. The number of carbonyl (C=O) groups is 1. The molecule has 0 aliphatic carbocycles. The SMILES string of the molecule is CCCCCC[C](C)OOC(=O)c1ccc(OC)cc1OC. The van der Waals surface area contributed by atoms with E-state index in [1.54, 1.807) is 25.3 Å². The van der Waals surface area contributed by atoms with Crippen molar-refractivity contribution < 1.29 is 24.0 Å². The highest BCUT2D eigenvalue weighted by Crippen LogP contribution is 2.25. The highest BCUT2D eigenvalue weighted by molar-refractivity contribution is 5.92. The maximum Gasteiger partial charge on any atom is 0.376 e. The van der Waals surface area contributed by atoms with E-state index in [1.165, 1.54) is 20.0 Å². The smallest absolute Gasteiger partial charge is 0.376 e. The van der Waals surface area contributed by atoms with E-state index in [4.69, 9.17) is 19.2 Å². The molecule has 22 heavy (non-hydrogen) atoms. The Morgan fingerprint density at radius 3 is 2.45 bits per heavy atom. The minimum absolute atomic E-state index is 0.294. The number of methoxy groups -OCH3 is 2. The first-order valence-corrected chi connectivity index (χ1v) is 7.55. The van der Waals surface area contributed by atoms with Crippen LogP contribution >= 0.6 is 0 Å². The summed E-state index contributed by atoms with van der Waals surface area (Å²) in [5.74, 6) is 0.397. The molecule has 0 aromatic heterocycles. The van der Waals surface area contributed by atoms with E-state index in [2.05, 4.69) is 6.92 Å². The van der Waals surface area contributed by atoms with Crippen molar-refractivity contribution in [1.29, 1.82) is 0 Å². The van der Waals surface area contributed by atoms with Crippen molar-refractivity contribution in [2.75, 3.05) is 14.2 Å². The third-order valence-corrected chi connectivity index (χ3v) is 3.27. The lowest BCUT2D eigenvalue weighted by Gasteiger charge is -2.12. The molecule has 5 heteroatoms. The van der Waals surface area contributed by atoms with E-state index >= 15 is 0 Å². The predicted molar refractivity (Wildman–Crippen MR) is 83.7 cm³/mol. The number of rotatable bonds is 10. The molecular formula is C17H25O5. The van der Waals surface area contributed by atoms with Crippen molar-refractivity contribution in [3.05, 3.63) is 29.9 Å². The van der Waals surface area contributed by atoms with Crippen molar-refractivity contribution in [2.45, 2.75) is 46.0 Å². The maximum atomic E-state index is 12.0. The van der Waals surface area contributed by atoms with Gasteiger partial charge in [0.25, 0.3) is 0 Å². The van der Waals surface area contributed by atoms with Crippen LogP contribution in [-0.4, -0.2) is 20.2 Å². The summed E-state index contributed by atoms with van der Waals surface area (Å²) in [7, 11) is 3.03. The first-order chi connectivity index (χ1) is 10.6. The molecule has 123 valence electrons. The van der Waals surface area contributed by atoms with Crippen LogP contribution in [0.4, 0.5) is 0 Å². The van der Waals surface area contributed by atoms with Gasteiger partial charge in [0.2, 0.25) is 0 Å². The van der Waals surface area contributed by atoms with Gasteiger partial charge in [-0.3, -0.25) is 4.89 Å². The summed E-state index contributed by atoms with van der Waals surface area (Å²) >= 11 is 0.